The van der Waals surface area contributed by atoms with Crippen LogP contribution in [0.4, 0.5) is 0 Å². The van der Waals surface area contributed by atoms with Crippen molar-refractivity contribution >= 4 is 0 Å². The van der Waals surface area contributed by atoms with Gasteiger partial charge in [0, 0.05) is 16.4 Å². The van der Waals surface area contributed by atoms with Gasteiger partial charge in [0.25, 0.3) is 0 Å². The Morgan fingerprint density at radius 2 is 1.78 bits per heavy atom. The Kier molecular flexibility index (Phi) is 4.96. The molecule has 0 saturated heterocycles. The molecule has 118 valence electrons. The summed E-state index contributed by atoms with van der Waals surface area (Å²) in [6, 6.07) is 20.8. The Hall–Kier alpha value is -2.29. The molecular formula is C19H21N3O. The standard InChI is InChI=1S/C19H21N3O/c20-22-21-18-11-12-19(13-18,17-9-5-2-6-10-17)15-23-14-16-7-3-1-4-8-16/h1-10,18H,11-15H2. The van der Waals surface area contributed by atoms with Crippen molar-refractivity contribution in [3.05, 3.63) is 82.2 Å². The fourth-order valence-electron chi connectivity index (χ4n) is 3.48. The SMILES string of the molecule is [N-]=[N+]=NC1CCC(COCc2ccccc2)(c2ccccc2)C1. The molecule has 3 rings (SSSR count). The number of benzene rings is 2. The molecule has 0 amide bonds. The van der Waals surface area contributed by atoms with E-state index >= 15 is 0 Å². The molecular weight excluding hydrogens is 286 g/mol. The minimum Gasteiger partial charge on any atom is -0.376 e. The van der Waals surface area contributed by atoms with Gasteiger partial charge < -0.3 is 4.74 Å². The van der Waals surface area contributed by atoms with Crippen LogP contribution < -0.4 is 0 Å². The molecule has 0 radical (unpaired) electrons. The molecule has 2 unspecified atom stereocenters. The molecule has 4 nitrogen and oxygen atoms in total. The zero-order chi connectivity index (χ0) is 16.0. The van der Waals surface area contributed by atoms with Crippen LogP contribution >= 0.6 is 0 Å². The third-order valence-corrected chi connectivity index (χ3v) is 4.67. The van der Waals surface area contributed by atoms with Crippen LogP contribution in [0.2, 0.25) is 0 Å². The van der Waals surface area contributed by atoms with Crippen LogP contribution in [0.15, 0.2) is 65.8 Å². The minimum atomic E-state index is -0.0467. The highest BCUT2D eigenvalue weighted by Crippen LogP contribution is 2.42. The second kappa shape index (κ2) is 7.32. The van der Waals surface area contributed by atoms with Crippen LogP contribution in [0, 0.1) is 0 Å². The molecule has 2 atom stereocenters. The molecule has 1 aliphatic carbocycles. The number of hydrogen-bond acceptors (Lipinski definition) is 2. The van der Waals surface area contributed by atoms with Crippen LogP contribution in [0.1, 0.15) is 30.4 Å². The van der Waals surface area contributed by atoms with Gasteiger partial charge >= 0.3 is 0 Å². The lowest BCUT2D eigenvalue weighted by Crippen LogP contribution is -2.29. The van der Waals surface area contributed by atoms with Gasteiger partial charge in [-0.25, -0.2) is 0 Å². The lowest BCUT2D eigenvalue weighted by atomic mass is 9.79. The van der Waals surface area contributed by atoms with Crippen LogP contribution in [0.5, 0.6) is 0 Å². The highest BCUT2D eigenvalue weighted by molar-refractivity contribution is 5.28. The van der Waals surface area contributed by atoms with E-state index in [2.05, 4.69) is 46.4 Å². The van der Waals surface area contributed by atoms with Crippen molar-refractivity contribution in [2.45, 2.75) is 37.3 Å². The molecule has 0 N–H and O–H groups in total. The average Bonchev–Trinajstić information content (AvgIpc) is 3.01. The molecule has 0 spiro atoms. The Morgan fingerprint density at radius 1 is 1.09 bits per heavy atom. The zero-order valence-corrected chi connectivity index (χ0v) is 13.1. The number of azide groups is 1. The molecule has 0 aliphatic heterocycles. The van der Waals surface area contributed by atoms with Crippen molar-refractivity contribution in [1.29, 1.82) is 0 Å². The predicted octanol–water partition coefficient (Wildman–Crippen LogP) is 5.00. The molecule has 0 heterocycles. The lowest BCUT2D eigenvalue weighted by molar-refractivity contribution is 0.0715. The fraction of sp³-hybridized carbons (Fsp3) is 0.368. The third kappa shape index (κ3) is 3.73. The molecule has 4 heteroatoms. The quantitative estimate of drug-likeness (QED) is 0.420. The minimum absolute atomic E-state index is 0.0467. The van der Waals surface area contributed by atoms with E-state index in [-0.39, 0.29) is 11.5 Å². The van der Waals surface area contributed by atoms with Crippen LogP contribution in [0.3, 0.4) is 0 Å². The van der Waals surface area contributed by atoms with E-state index < -0.39 is 0 Å². The van der Waals surface area contributed by atoms with Gasteiger partial charge in [-0.15, -0.1) is 0 Å². The van der Waals surface area contributed by atoms with Crippen molar-refractivity contribution in [1.82, 2.24) is 0 Å². The first-order chi connectivity index (χ1) is 11.3. The van der Waals surface area contributed by atoms with E-state index in [9.17, 15) is 0 Å². The van der Waals surface area contributed by atoms with Gasteiger partial charge in [0.15, 0.2) is 0 Å². The van der Waals surface area contributed by atoms with Crippen LogP contribution in [0.25, 0.3) is 10.4 Å². The van der Waals surface area contributed by atoms with Crippen molar-refractivity contribution in [3.8, 4) is 0 Å². The molecule has 1 saturated carbocycles. The van der Waals surface area contributed by atoms with Gasteiger partial charge in [-0.3, -0.25) is 0 Å². The molecule has 2 aromatic rings. The summed E-state index contributed by atoms with van der Waals surface area (Å²) >= 11 is 0. The summed E-state index contributed by atoms with van der Waals surface area (Å²) in [6.45, 7) is 1.27. The van der Waals surface area contributed by atoms with E-state index in [1.54, 1.807) is 0 Å². The Balaban J connectivity index is 1.73. The van der Waals surface area contributed by atoms with Crippen LogP contribution in [-0.2, 0) is 16.8 Å². The highest BCUT2D eigenvalue weighted by Gasteiger charge is 2.40. The van der Waals surface area contributed by atoms with Crippen LogP contribution in [-0.4, -0.2) is 12.6 Å². The van der Waals surface area contributed by atoms with E-state index in [1.165, 1.54) is 11.1 Å². The maximum atomic E-state index is 8.72. The number of hydrogen-bond donors (Lipinski definition) is 0. The van der Waals surface area contributed by atoms with E-state index in [0.29, 0.717) is 13.2 Å². The van der Waals surface area contributed by atoms with Crippen molar-refractivity contribution in [2.75, 3.05) is 6.61 Å². The average molecular weight is 307 g/mol. The Labute approximate surface area is 136 Å². The van der Waals surface area contributed by atoms with Gasteiger partial charge in [0.05, 0.1) is 13.2 Å². The second-order valence-corrected chi connectivity index (χ2v) is 6.23. The summed E-state index contributed by atoms with van der Waals surface area (Å²) in [5, 5.41) is 3.94. The summed E-state index contributed by atoms with van der Waals surface area (Å²) < 4.78 is 6.05. The van der Waals surface area contributed by atoms with E-state index in [1.807, 2.05) is 24.3 Å². The van der Waals surface area contributed by atoms with Gasteiger partial charge in [0.1, 0.15) is 0 Å². The van der Waals surface area contributed by atoms with E-state index in [4.69, 9.17) is 10.3 Å². The third-order valence-electron chi connectivity index (χ3n) is 4.67. The van der Waals surface area contributed by atoms with Gasteiger partial charge in [0.2, 0.25) is 0 Å². The van der Waals surface area contributed by atoms with Gasteiger partial charge in [-0.05, 0) is 35.9 Å². The maximum Gasteiger partial charge on any atom is 0.0717 e. The largest absolute Gasteiger partial charge is 0.376 e. The van der Waals surface area contributed by atoms with Gasteiger partial charge in [-0.2, -0.15) is 0 Å². The molecule has 1 aliphatic rings. The summed E-state index contributed by atoms with van der Waals surface area (Å²) in [5.74, 6) is 0. The van der Waals surface area contributed by atoms with Crippen molar-refractivity contribution < 1.29 is 4.74 Å². The summed E-state index contributed by atoms with van der Waals surface area (Å²) in [6.07, 6.45) is 2.78. The maximum absolute atomic E-state index is 8.72. The lowest BCUT2D eigenvalue weighted by Gasteiger charge is -2.30. The fourth-order valence-corrected chi connectivity index (χ4v) is 3.48. The summed E-state index contributed by atoms with van der Waals surface area (Å²) in [4.78, 5) is 2.99. The van der Waals surface area contributed by atoms with Gasteiger partial charge in [-0.1, -0.05) is 65.8 Å². The monoisotopic (exact) mass is 307 g/mol. The number of nitrogens with zero attached hydrogens (tertiary/aromatic N) is 3. The zero-order valence-electron chi connectivity index (χ0n) is 13.1. The topological polar surface area (TPSA) is 58.0 Å². The molecule has 1 fully saturated rings. The normalized spacial score (nSPS) is 23.4. The summed E-state index contributed by atoms with van der Waals surface area (Å²) in [5.41, 5.74) is 11.1. The predicted molar refractivity (Wildman–Crippen MR) is 91.0 cm³/mol. The molecule has 2 aromatic carbocycles. The Morgan fingerprint density at radius 3 is 2.48 bits per heavy atom. The number of rotatable bonds is 6. The first-order valence-electron chi connectivity index (χ1n) is 8.04. The smallest absolute Gasteiger partial charge is 0.0717 e. The molecule has 0 aromatic heterocycles. The second-order valence-electron chi connectivity index (χ2n) is 6.23. The highest BCUT2D eigenvalue weighted by atomic mass is 16.5. The summed E-state index contributed by atoms with van der Waals surface area (Å²) in [7, 11) is 0. The Bertz CT molecular complexity index is 668. The van der Waals surface area contributed by atoms with Crippen molar-refractivity contribution in [3.63, 3.8) is 0 Å². The van der Waals surface area contributed by atoms with E-state index in [0.717, 1.165) is 19.3 Å². The molecule has 0 bridgehead atoms. The van der Waals surface area contributed by atoms with Crippen molar-refractivity contribution in [2.24, 2.45) is 5.11 Å². The molecule has 23 heavy (non-hydrogen) atoms. The number of ether oxygens (including phenoxy) is 1. The first kappa shape index (κ1) is 15.6. The first-order valence-corrected chi connectivity index (χ1v) is 8.04.